The van der Waals surface area contributed by atoms with Crippen LogP contribution in [0, 0.1) is 5.82 Å². The van der Waals surface area contributed by atoms with Gasteiger partial charge in [-0.2, -0.15) is 0 Å². The van der Waals surface area contributed by atoms with Crippen LogP contribution in [0.5, 0.6) is 11.5 Å². The second-order valence-electron chi connectivity index (χ2n) is 11.9. The Morgan fingerprint density at radius 3 is 2.12 bits per heavy atom. The summed E-state index contributed by atoms with van der Waals surface area (Å²) in [7, 11) is 2.97. The third kappa shape index (κ3) is 12.3. The van der Waals surface area contributed by atoms with Crippen LogP contribution >= 0.6 is 0 Å². The number of hydrogen-bond acceptors (Lipinski definition) is 7. The van der Waals surface area contributed by atoms with Crippen molar-refractivity contribution in [2.24, 2.45) is 5.73 Å². The summed E-state index contributed by atoms with van der Waals surface area (Å²) >= 11 is 0. The number of nitrogens with two attached hydrogens (primary N) is 1. The van der Waals surface area contributed by atoms with E-state index in [1.165, 1.54) is 19.2 Å². The first-order valence-electron chi connectivity index (χ1n) is 16.4. The van der Waals surface area contributed by atoms with Crippen LogP contribution in [-0.4, -0.2) is 73.7 Å². The Morgan fingerprint density at radius 2 is 1.52 bits per heavy atom. The number of nitrogens with one attached hydrogen (secondary N) is 2. The number of nitrogens with zero attached hydrogens (tertiary/aromatic N) is 1. The van der Waals surface area contributed by atoms with Gasteiger partial charge < -0.3 is 35.8 Å². The van der Waals surface area contributed by atoms with Gasteiger partial charge in [-0.05, 0) is 71.3 Å². The fraction of sp³-hybridized carbons (Fsp3) is 0.432. The number of aliphatic hydroxyl groups excluding tert-OH is 1. The molecule has 0 saturated heterocycles. The normalized spacial score (nSPS) is 12.2. The zero-order valence-corrected chi connectivity index (χ0v) is 28.4. The highest BCUT2D eigenvalue weighted by Crippen LogP contribution is 2.20. The summed E-state index contributed by atoms with van der Waals surface area (Å²) in [6.07, 6.45) is 0.830. The molecule has 0 aromatic heterocycles. The quantitative estimate of drug-likeness (QED) is 0.145. The number of carbonyl (C=O) groups is 3. The predicted molar refractivity (Wildman–Crippen MR) is 183 cm³/mol. The molecule has 10 nitrogen and oxygen atoms in total. The minimum atomic E-state index is -1.03. The Hall–Kier alpha value is -4.48. The number of rotatable bonds is 20. The van der Waals surface area contributed by atoms with E-state index in [0.29, 0.717) is 47.6 Å². The van der Waals surface area contributed by atoms with Gasteiger partial charge >= 0.3 is 0 Å². The molecule has 0 fully saturated rings. The van der Waals surface area contributed by atoms with Gasteiger partial charge in [0.15, 0.2) is 11.6 Å². The van der Waals surface area contributed by atoms with E-state index in [9.17, 15) is 23.9 Å². The molecule has 3 aromatic carbocycles. The Bertz CT molecular complexity index is 1510. The van der Waals surface area contributed by atoms with E-state index >= 15 is 0 Å². The Morgan fingerprint density at radius 1 is 0.854 bits per heavy atom. The standard InChI is InChI=1S/C37H49FN4O6/c1-5-12-42(13-6-2)37(46)22-29-15-27(20-35(39)44)14-28(16-29)21-36(45)41-32(19-25-10-11-34(48-4)31(38)18-25)33(43)24-40-23-26-8-7-9-30(17-26)47-3/h7-11,14-18,32-33,40,43H,5-6,12-13,19-24H2,1-4H3,(H2,39,44)(H,41,45)/t32-,33+/m0/s1. The van der Waals surface area contributed by atoms with Crippen LogP contribution in [0.3, 0.4) is 0 Å². The molecule has 48 heavy (non-hydrogen) atoms. The van der Waals surface area contributed by atoms with Gasteiger partial charge in [0.2, 0.25) is 17.7 Å². The fourth-order valence-corrected chi connectivity index (χ4v) is 5.64. The van der Waals surface area contributed by atoms with Crippen molar-refractivity contribution in [2.75, 3.05) is 33.9 Å². The summed E-state index contributed by atoms with van der Waals surface area (Å²) in [5.74, 6) is -0.667. The Labute approximate surface area is 282 Å². The molecule has 0 spiro atoms. The number of amides is 3. The van der Waals surface area contributed by atoms with Crippen molar-refractivity contribution in [1.82, 2.24) is 15.5 Å². The van der Waals surface area contributed by atoms with Crippen molar-refractivity contribution in [2.45, 2.75) is 71.1 Å². The van der Waals surface area contributed by atoms with Crippen molar-refractivity contribution >= 4 is 17.7 Å². The molecule has 260 valence electrons. The molecule has 0 saturated carbocycles. The number of ether oxygens (including phenoxy) is 2. The van der Waals surface area contributed by atoms with Crippen LogP contribution in [0.1, 0.15) is 54.5 Å². The van der Waals surface area contributed by atoms with Gasteiger partial charge in [0.1, 0.15) is 5.75 Å². The summed E-state index contributed by atoms with van der Waals surface area (Å²) < 4.78 is 24.9. The number of carbonyl (C=O) groups excluding carboxylic acids is 3. The predicted octanol–water partition coefficient (Wildman–Crippen LogP) is 3.48. The lowest BCUT2D eigenvalue weighted by Crippen LogP contribution is -2.49. The molecule has 0 aliphatic rings. The van der Waals surface area contributed by atoms with Crippen molar-refractivity contribution in [1.29, 1.82) is 0 Å². The van der Waals surface area contributed by atoms with E-state index in [1.54, 1.807) is 31.4 Å². The highest BCUT2D eigenvalue weighted by atomic mass is 19.1. The van der Waals surface area contributed by atoms with E-state index in [4.69, 9.17) is 15.2 Å². The Balaban J connectivity index is 1.79. The van der Waals surface area contributed by atoms with Crippen LogP contribution in [0.4, 0.5) is 4.39 Å². The van der Waals surface area contributed by atoms with E-state index in [0.717, 1.165) is 18.4 Å². The lowest BCUT2D eigenvalue weighted by atomic mass is 9.97. The lowest BCUT2D eigenvalue weighted by molar-refractivity contribution is -0.130. The fourth-order valence-electron chi connectivity index (χ4n) is 5.64. The number of primary amides is 1. The maximum absolute atomic E-state index is 14.5. The molecule has 11 heteroatoms. The summed E-state index contributed by atoms with van der Waals surface area (Å²) in [5.41, 5.74) is 8.90. The molecule has 0 aliphatic carbocycles. The zero-order chi connectivity index (χ0) is 35.1. The molecule has 3 aromatic rings. The summed E-state index contributed by atoms with van der Waals surface area (Å²) in [5, 5.41) is 17.4. The SMILES string of the molecule is CCCN(CCC)C(=O)Cc1cc(CC(N)=O)cc(CC(=O)N[C@@H](Cc2ccc(OC)c(F)c2)[C@H](O)CNCc2cccc(OC)c2)c1. The molecule has 0 bridgehead atoms. The van der Waals surface area contributed by atoms with Crippen molar-refractivity contribution in [3.05, 3.63) is 94.3 Å². The summed E-state index contributed by atoms with van der Waals surface area (Å²) in [4.78, 5) is 40.2. The first kappa shape index (κ1) is 38.0. The van der Waals surface area contributed by atoms with Crippen molar-refractivity contribution in [3.8, 4) is 11.5 Å². The first-order valence-corrected chi connectivity index (χ1v) is 16.4. The van der Waals surface area contributed by atoms with E-state index < -0.39 is 23.9 Å². The number of methoxy groups -OCH3 is 2. The molecule has 0 aliphatic heterocycles. The molecule has 2 atom stereocenters. The molecule has 3 amide bonds. The lowest BCUT2D eigenvalue weighted by Gasteiger charge is -2.25. The largest absolute Gasteiger partial charge is 0.497 e. The summed E-state index contributed by atoms with van der Waals surface area (Å²) in [6, 6.07) is 16.6. The average molecular weight is 665 g/mol. The number of halogens is 1. The second-order valence-corrected chi connectivity index (χ2v) is 11.9. The minimum absolute atomic E-state index is 0.0262. The summed E-state index contributed by atoms with van der Waals surface area (Å²) in [6.45, 7) is 5.94. The van der Waals surface area contributed by atoms with Crippen molar-refractivity contribution < 1.29 is 33.4 Å². The maximum Gasteiger partial charge on any atom is 0.226 e. The van der Waals surface area contributed by atoms with Gasteiger partial charge in [-0.1, -0.05) is 50.2 Å². The van der Waals surface area contributed by atoms with Crippen LogP contribution in [-0.2, 0) is 46.6 Å². The van der Waals surface area contributed by atoms with Crippen LogP contribution in [0.2, 0.25) is 0 Å². The highest BCUT2D eigenvalue weighted by Gasteiger charge is 2.23. The van der Waals surface area contributed by atoms with Gasteiger partial charge in [0.25, 0.3) is 0 Å². The van der Waals surface area contributed by atoms with Gasteiger partial charge in [-0.15, -0.1) is 0 Å². The zero-order valence-electron chi connectivity index (χ0n) is 28.4. The first-order chi connectivity index (χ1) is 23.0. The molecule has 0 unspecified atom stereocenters. The Kier molecular flexibility index (Phi) is 15.3. The maximum atomic E-state index is 14.5. The highest BCUT2D eigenvalue weighted by molar-refractivity contribution is 5.81. The molecule has 0 heterocycles. The number of aliphatic hydroxyl groups is 1. The monoisotopic (exact) mass is 664 g/mol. The van der Waals surface area contributed by atoms with Gasteiger partial charge in [0.05, 0.1) is 45.6 Å². The van der Waals surface area contributed by atoms with E-state index in [-0.39, 0.29) is 49.8 Å². The third-order valence-electron chi connectivity index (χ3n) is 7.85. The van der Waals surface area contributed by atoms with Crippen LogP contribution in [0.15, 0.2) is 60.7 Å². The average Bonchev–Trinajstić information content (AvgIpc) is 3.04. The molecule has 5 N–H and O–H groups in total. The van der Waals surface area contributed by atoms with Crippen LogP contribution < -0.4 is 25.8 Å². The third-order valence-corrected chi connectivity index (χ3v) is 7.85. The molecule has 3 rings (SSSR count). The van der Waals surface area contributed by atoms with E-state index in [1.807, 2.05) is 43.0 Å². The minimum Gasteiger partial charge on any atom is -0.497 e. The molecular formula is C37H49FN4O6. The topological polar surface area (TPSA) is 143 Å². The van der Waals surface area contributed by atoms with Crippen molar-refractivity contribution in [3.63, 3.8) is 0 Å². The van der Waals surface area contributed by atoms with Gasteiger partial charge in [0, 0.05) is 26.2 Å². The van der Waals surface area contributed by atoms with E-state index in [2.05, 4.69) is 10.6 Å². The van der Waals surface area contributed by atoms with Gasteiger partial charge in [-0.3, -0.25) is 14.4 Å². The number of hydrogen-bond donors (Lipinski definition) is 4. The second kappa shape index (κ2) is 19.4. The van der Waals surface area contributed by atoms with Crippen LogP contribution in [0.25, 0.3) is 0 Å². The number of benzene rings is 3. The smallest absolute Gasteiger partial charge is 0.226 e. The molecular weight excluding hydrogens is 615 g/mol. The molecule has 0 radical (unpaired) electrons. The van der Waals surface area contributed by atoms with Gasteiger partial charge in [-0.25, -0.2) is 4.39 Å².